The number of thiophene rings is 1. The fourth-order valence-corrected chi connectivity index (χ4v) is 4.07. The van der Waals surface area contributed by atoms with Crippen LogP contribution in [0.4, 0.5) is 0 Å². The summed E-state index contributed by atoms with van der Waals surface area (Å²) >= 11 is 1.46. The van der Waals surface area contributed by atoms with Crippen LogP contribution in [-0.4, -0.2) is 22.6 Å². The lowest BCUT2D eigenvalue weighted by Crippen LogP contribution is -2.24. The number of fused-ring (bicyclic) bond motifs is 1. The molecule has 28 heavy (non-hydrogen) atoms. The molecule has 4 aromatic rings. The van der Waals surface area contributed by atoms with Crippen LogP contribution in [0, 0.1) is 13.8 Å². The monoisotopic (exact) mass is 394 g/mol. The highest BCUT2D eigenvalue weighted by molar-refractivity contribution is 7.17. The summed E-state index contributed by atoms with van der Waals surface area (Å²) in [4.78, 5) is 30.2. The Kier molecular flexibility index (Phi) is 4.60. The van der Waals surface area contributed by atoms with E-state index < -0.39 is 5.97 Å². The fraction of sp³-hybridized carbons (Fsp3) is 0.190. The number of furan rings is 1. The van der Waals surface area contributed by atoms with E-state index in [9.17, 15) is 9.59 Å². The second kappa shape index (κ2) is 7.09. The minimum absolute atomic E-state index is 0.105. The van der Waals surface area contributed by atoms with Crippen LogP contribution in [-0.2, 0) is 11.3 Å². The molecule has 7 heteroatoms. The number of nitrogens with zero attached hydrogens (tertiary/aromatic N) is 2. The van der Waals surface area contributed by atoms with Gasteiger partial charge in [-0.05, 0) is 31.5 Å². The molecule has 0 N–H and O–H groups in total. The quantitative estimate of drug-likeness (QED) is 0.486. The Balaban J connectivity index is 1.80. The van der Waals surface area contributed by atoms with Crippen LogP contribution in [0.15, 0.2) is 51.0 Å². The van der Waals surface area contributed by atoms with Crippen molar-refractivity contribution in [2.24, 2.45) is 0 Å². The average Bonchev–Trinajstić information content (AvgIpc) is 3.32. The molecule has 0 radical (unpaired) electrons. The van der Waals surface area contributed by atoms with Gasteiger partial charge in [0.25, 0.3) is 5.56 Å². The molecule has 6 nitrogen and oxygen atoms in total. The van der Waals surface area contributed by atoms with Gasteiger partial charge in [-0.25, -0.2) is 9.78 Å². The van der Waals surface area contributed by atoms with Crippen LogP contribution < -0.4 is 5.56 Å². The number of methoxy groups -OCH3 is 1. The lowest BCUT2D eigenvalue weighted by atomic mass is 10.1. The van der Waals surface area contributed by atoms with Crippen molar-refractivity contribution < 1.29 is 13.9 Å². The first kappa shape index (κ1) is 18.2. The first-order chi connectivity index (χ1) is 13.5. The van der Waals surface area contributed by atoms with Crippen molar-refractivity contribution in [3.8, 4) is 11.1 Å². The van der Waals surface area contributed by atoms with E-state index in [0.29, 0.717) is 21.8 Å². The van der Waals surface area contributed by atoms with Crippen LogP contribution in [0.25, 0.3) is 21.3 Å². The molecule has 0 saturated heterocycles. The molecule has 0 aliphatic carbocycles. The molecule has 0 aliphatic rings. The van der Waals surface area contributed by atoms with Gasteiger partial charge in [-0.3, -0.25) is 9.36 Å². The molecule has 0 unspecified atom stereocenters. The summed E-state index contributed by atoms with van der Waals surface area (Å²) in [5.41, 5.74) is 2.89. The Bertz CT molecular complexity index is 1230. The van der Waals surface area contributed by atoms with E-state index in [1.807, 2.05) is 36.6 Å². The Morgan fingerprint density at radius 1 is 1.18 bits per heavy atom. The number of esters is 1. The van der Waals surface area contributed by atoms with E-state index in [1.54, 1.807) is 17.6 Å². The van der Waals surface area contributed by atoms with Gasteiger partial charge >= 0.3 is 5.97 Å². The van der Waals surface area contributed by atoms with Gasteiger partial charge in [0.15, 0.2) is 0 Å². The van der Waals surface area contributed by atoms with E-state index in [4.69, 9.17) is 4.42 Å². The molecule has 0 fully saturated rings. The van der Waals surface area contributed by atoms with Crippen molar-refractivity contribution in [3.63, 3.8) is 0 Å². The van der Waals surface area contributed by atoms with E-state index in [0.717, 1.165) is 16.7 Å². The zero-order chi connectivity index (χ0) is 19.8. The standard InChI is InChI=1S/C21H18N2O4S/c1-12-4-6-14(7-5-12)16-11-28-19-18(16)20(24)23(13(2)22-19)10-15-8-9-17(27-15)21(25)26-3/h4-9,11H,10H2,1-3H3. The summed E-state index contributed by atoms with van der Waals surface area (Å²) in [6.45, 7) is 4.00. The van der Waals surface area contributed by atoms with E-state index >= 15 is 0 Å². The largest absolute Gasteiger partial charge is 0.463 e. The second-order valence-electron chi connectivity index (χ2n) is 6.50. The highest BCUT2D eigenvalue weighted by Crippen LogP contribution is 2.31. The van der Waals surface area contributed by atoms with Gasteiger partial charge in [0.2, 0.25) is 5.76 Å². The smallest absolute Gasteiger partial charge is 0.373 e. The lowest BCUT2D eigenvalue weighted by molar-refractivity contribution is 0.0563. The third-order valence-electron chi connectivity index (χ3n) is 4.61. The van der Waals surface area contributed by atoms with Gasteiger partial charge in [-0.2, -0.15) is 0 Å². The summed E-state index contributed by atoms with van der Waals surface area (Å²) in [5, 5.41) is 2.56. The van der Waals surface area contributed by atoms with Crippen LogP contribution >= 0.6 is 11.3 Å². The normalized spacial score (nSPS) is 11.1. The number of rotatable bonds is 4. The van der Waals surface area contributed by atoms with E-state index in [1.165, 1.54) is 24.5 Å². The highest BCUT2D eigenvalue weighted by Gasteiger charge is 2.17. The fourth-order valence-electron chi connectivity index (χ4n) is 3.09. The first-order valence-corrected chi connectivity index (χ1v) is 9.58. The van der Waals surface area contributed by atoms with E-state index in [2.05, 4.69) is 9.72 Å². The van der Waals surface area contributed by atoms with Crippen LogP contribution in [0.1, 0.15) is 27.7 Å². The molecule has 1 aromatic carbocycles. The Morgan fingerprint density at radius 2 is 1.93 bits per heavy atom. The van der Waals surface area contributed by atoms with E-state index in [-0.39, 0.29) is 17.9 Å². The number of hydrogen-bond acceptors (Lipinski definition) is 6. The predicted octanol–water partition coefficient (Wildman–Crippen LogP) is 4.17. The molecule has 0 saturated carbocycles. The van der Waals surface area contributed by atoms with Gasteiger partial charge in [0.05, 0.1) is 19.0 Å². The minimum atomic E-state index is -0.552. The molecule has 0 spiro atoms. The Hall–Kier alpha value is -3.19. The minimum Gasteiger partial charge on any atom is -0.463 e. The summed E-state index contributed by atoms with van der Waals surface area (Å²) in [6.07, 6.45) is 0. The number of carbonyl (C=O) groups excluding carboxylic acids is 1. The number of carbonyl (C=O) groups is 1. The molecule has 3 heterocycles. The molecule has 142 valence electrons. The molecule has 3 aromatic heterocycles. The van der Waals surface area contributed by atoms with Gasteiger partial charge in [-0.1, -0.05) is 29.8 Å². The SMILES string of the molecule is COC(=O)c1ccc(Cn2c(C)nc3scc(-c4ccc(C)cc4)c3c2=O)o1. The number of aryl methyl sites for hydroxylation is 2. The van der Waals surface area contributed by atoms with Crippen molar-refractivity contribution in [1.29, 1.82) is 0 Å². The zero-order valence-corrected chi connectivity index (χ0v) is 16.5. The summed E-state index contributed by atoms with van der Waals surface area (Å²) in [6, 6.07) is 11.3. The molecule has 0 atom stereocenters. The van der Waals surface area contributed by atoms with Gasteiger partial charge < -0.3 is 9.15 Å². The van der Waals surface area contributed by atoms with Crippen molar-refractivity contribution >= 4 is 27.5 Å². The van der Waals surface area contributed by atoms with Crippen molar-refractivity contribution in [3.05, 3.63) is 75.0 Å². The third kappa shape index (κ3) is 3.14. The van der Waals surface area contributed by atoms with Gasteiger partial charge in [0, 0.05) is 10.9 Å². The Morgan fingerprint density at radius 3 is 2.64 bits per heavy atom. The van der Waals surface area contributed by atoms with Crippen LogP contribution in [0.3, 0.4) is 0 Å². The lowest BCUT2D eigenvalue weighted by Gasteiger charge is -2.09. The first-order valence-electron chi connectivity index (χ1n) is 8.70. The third-order valence-corrected chi connectivity index (χ3v) is 5.48. The molecule has 0 bridgehead atoms. The Labute approximate surface area is 165 Å². The summed E-state index contributed by atoms with van der Waals surface area (Å²) in [7, 11) is 1.29. The summed E-state index contributed by atoms with van der Waals surface area (Å²) < 4.78 is 11.7. The number of aromatic nitrogens is 2. The topological polar surface area (TPSA) is 74.3 Å². The van der Waals surface area contributed by atoms with Crippen molar-refractivity contribution in [1.82, 2.24) is 9.55 Å². The maximum atomic E-state index is 13.3. The van der Waals surface area contributed by atoms with Gasteiger partial charge in [-0.15, -0.1) is 11.3 Å². The molecular formula is C21H18N2O4S. The highest BCUT2D eigenvalue weighted by atomic mass is 32.1. The average molecular weight is 394 g/mol. The molecule has 0 aliphatic heterocycles. The van der Waals surface area contributed by atoms with Crippen LogP contribution in [0.2, 0.25) is 0 Å². The van der Waals surface area contributed by atoms with Crippen molar-refractivity contribution in [2.75, 3.05) is 7.11 Å². The molecular weight excluding hydrogens is 376 g/mol. The van der Waals surface area contributed by atoms with Crippen LogP contribution in [0.5, 0.6) is 0 Å². The maximum absolute atomic E-state index is 13.3. The predicted molar refractivity (Wildman–Crippen MR) is 108 cm³/mol. The van der Waals surface area contributed by atoms with Crippen molar-refractivity contribution in [2.45, 2.75) is 20.4 Å². The number of hydrogen-bond donors (Lipinski definition) is 0. The summed E-state index contributed by atoms with van der Waals surface area (Å²) in [5.74, 6) is 0.626. The number of benzene rings is 1. The molecule has 4 rings (SSSR count). The van der Waals surface area contributed by atoms with Gasteiger partial charge in [0.1, 0.15) is 16.4 Å². The maximum Gasteiger partial charge on any atom is 0.373 e. The molecule has 0 amide bonds. The zero-order valence-electron chi connectivity index (χ0n) is 15.7. The second-order valence-corrected chi connectivity index (χ2v) is 7.36. The number of ether oxygens (including phenoxy) is 1.